The van der Waals surface area contributed by atoms with Crippen LogP contribution in [0.4, 0.5) is 0 Å². The van der Waals surface area contributed by atoms with E-state index >= 15 is 0 Å². The maximum atomic E-state index is 12.0. The highest BCUT2D eigenvalue weighted by Gasteiger charge is 2.21. The van der Waals surface area contributed by atoms with Crippen molar-refractivity contribution >= 4 is 5.78 Å². The van der Waals surface area contributed by atoms with E-state index in [9.17, 15) is 4.79 Å². The third-order valence-corrected chi connectivity index (χ3v) is 5.45. The number of aromatic nitrogens is 3. The lowest BCUT2D eigenvalue weighted by Crippen LogP contribution is -2.02. The Kier molecular flexibility index (Phi) is 5.06. The highest BCUT2D eigenvalue weighted by atomic mass is 16.5. The summed E-state index contributed by atoms with van der Waals surface area (Å²) in [6, 6.07) is 17.5. The van der Waals surface area contributed by atoms with Crippen LogP contribution in [0.2, 0.25) is 0 Å². The third kappa shape index (κ3) is 3.73. The second-order valence-electron chi connectivity index (χ2n) is 7.44. The number of aliphatic hydroxyl groups excluding tert-OH is 1. The fourth-order valence-electron chi connectivity index (χ4n) is 3.94. The van der Waals surface area contributed by atoms with Gasteiger partial charge in [-0.15, -0.1) is 0 Å². The summed E-state index contributed by atoms with van der Waals surface area (Å²) in [6.07, 6.45) is 6.87. The molecule has 1 aliphatic rings. The number of ketones is 1. The van der Waals surface area contributed by atoms with Crippen LogP contribution in [0.15, 0.2) is 73.2 Å². The summed E-state index contributed by atoms with van der Waals surface area (Å²) in [5.74, 6) is 0.886. The maximum absolute atomic E-state index is 12.0. The molecule has 0 unspecified atom stereocenters. The lowest BCUT2D eigenvalue weighted by molar-refractivity contribution is 0.0994. The molecule has 1 aliphatic carbocycles. The second kappa shape index (κ2) is 8.16. The van der Waals surface area contributed by atoms with Crippen LogP contribution in [-0.2, 0) is 6.42 Å². The molecule has 1 N–H and O–H groups in total. The number of aryl methyl sites for hydroxylation is 1. The van der Waals surface area contributed by atoms with Crippen LogP contribution in [0.1, 0.15) is 22.3 Å². The number of benzene rings is 2. The predicted octanol–water partition coefficient (Wildman–Crippen LogP) is 4.10. The zero-order valence-corrected chi connectivity index (χ0v) is 16.9. The summed E-state index contributed by atoms with van der Waals surface area (Å²) in [4.78, 5) is 16.2. The molecule has 6 nitrogen and oxygen atoms in total. The van der Waals surface area contributed by atoms with E-state index in [4.69, 9.17) is 14.9 Å². The number of hydrogen-bond acceptors (Lipinski definition) is 5. The maximum Gasteiger partial charge on any atom is 0.163 e. The number of carbonyl (C=O) groups excluding carboxylic acids is 1. The van der Waals surface area contributed by atoms with Crippen molar-refractivity contribution in [2.24, 2.45) is 0 Å². The Hall–Kier alpha value is -3.77. The average Bonchev–Trinajstić information content (AvgIpc) is 3.42. The van der Waals surface area contributed by atoms with Gasteiger partial charge >= 0.3 is 0 Å². The van der Waals surface area contributed by atoms with E-state index in [1.54, 1.807) is 12.4 Å². The Morgan fingerprint density at radius 2 is 1.84 bits per heavy atom. The van der Waals surface area contributed by atoms with Crippen LogP contribution >= 0.6 is 0 Å². The highest BCUT2D eigenvalue weighted by Crippen LogP contribution is 2.35. The summed E-state index contributed by atoms with van der Waals surface area (Å²) in [6.45, 7) is 0.201. The lowest BCUT2D eigenvalue weighted by atomic mass is 9.98. The summed E-state index contributed by atoms with van der Waals surface area (Å²) < 4.78 is 7.38. The van der Waals surface area contributed by atoms with E-state index in [1.165, 1.54) is 0 Å². The summed E-state index contributed by atoms with van der Waals surface area (Å²) in [5.41, 5.74) is 6.59. The van der Waals surface area contributed by atoms with Gasteiger partial charge in [0.15, 0.2) is 5.78 Å². The second-order valence-corrected chi connectivity index (χ2v) is 7.44. The molecule has 5 rings (SSSR count). The molecule has 154 valence electrons. The van der Waals surface area contributed by atoms with Crippen molar-refractivity contribution in [2.45, 2.75) is 12.8 Å². The Morgan fingerprint density at radius 1 is 0.968 bits per heavy atom. The van der Waals surface area contributed by atoms with Crippen LogP contribution in [0, 0.1) is 0 Å². The molecule has 2 heterocycles. The fourth-order valence-corrected chi connectivity index (χ4v) is 3.94. The molecule has 0 radical (unpaired) electrons. The molecular formula is C25H21N3O3. The van der Waals surface area contributed by atoms with Crippen LogP contribution in [0.5, 0.6) is 5.75 Å². The van der Waals surface area contributed by atoms with E-state index in [0.717, 1.165) is 45.6 Å². The van der Waals surface area contributed by atoms with Crippen molar-refractivity contribution in [1.29, 1.82) is 0 Å². The van der Waals surface area contributed by atoms with Gasteiger partial charge in [0.2, 0.25) is 0 Å². The first-order valence-electron chi connectivity index (χ1n) is 10.2. The Balaban J connectivity index is 1.61. The highest BCUT2D eigenvalue weighted by molar-refractivity contribution is 6.01. The van der Waals surface area contributed by atoms with E-state index in [1.807, 2.05) is 59.4 Å². The predicted molar refractivity (Wildman–Crippen MR) is 117 cm³/mol. The molecule has 0 bridgehead atoms. The monoisotopic (exact) mass is 411 g/mol. The number of ether oxygens (including phenoxy) is 1. The SMILES string of the molecule is O=C1CCc2cc(-c3cn(-c4cccc(OCCO)c4)nc3-c3ccncc3)ccc21. The molecule has 0 amide bonds. The van der Waals surface area contributed by atoms with Gasteiger partial charge < -0.3 is 9.84 Å². The Morgan fingerprint density at radius 3 is 2.68 bits per heavy atom. The molecule has 2 aromatic carbocycles. The van der Waals surface area contributed by atoms with E-state index in [2.05, 4.69) is 11.1 Å². The Bertz CT molecular complexity index is 1250. The van der Waals surface area contributed by atoms with Crippen molar-refractivity contribution in [3.8, 4) is 33.8 Å². The number of rotatable bonds is 6. The first kappa shape index (κ1) is 19.2. The number of nitrogens with zero attached hydrogens (tertiary/aromatic N) is 3. The Labute approximate surface area is 179 Å². The van der Waals surface area contributed by atoms with E-state index in [0.29, 0.717) is 12.2 Å². The smallest absolute Gasteiger partial charge is 0.163 e. The van der Waals surface area contributed by atoms with Crippen LogP contribution in [0.3, 0.4) is 0 Å². The number of aliphatic hydroxyl groups is 1. The van der Waals surface area contributed by atoms with Crippen molar-refractivity contribution in [2.75, 3.05) is 13.2 Å². The topological polar surface area (TPSA) is 77.2 Å². The van der Waals surface area contributed by atoms with Gasteiger partial charge in [-0.2, -0.15) is 5.10 Å². The minimum atomic E-state index is -0.0385. The number of Topliss-reactive ketones (excluding diaryl/α,β-unsaturated/α-hetero) is 1. The van der Waals surface area contributed by atoms with Crippen LogP contribution in [-0.4, -0.2) is 38.9 Å². The molecule has 2 aromatic heterocycles. The molecule has 0 fully saturated rings. The normalized spacial score (nSPS) is 12.7. The van der Waals surface area contributed by atoms with Gasteiger partial charge in [-0.25, -0.2) is 4.68 Å². The number of carbonyl (C=O) groups is 1. The van der Waals surface area contributed by atoms with E-state index < -0.39 is 0 Å². The lowest BCUT2D eigenvalue weighted by Gasteiger charge is -2.06. The number of hydrogen-bond donors (Lipinski definition) is 1. The van der Waals surface area contributed by atoms with Crippen LogP contribution in [0.25, 0.3) is 28.1 Å². The molecular weight excluding hydrogens is 390 g/mol. The van der Waals surface area contributed by atoms with Crippen molar-refractivity contribution < 1.29 is 14.6 Å². The molecule has 0 spiro atoms. The molecule has 31 heavy (non-hydrogen) atoms. The molecule has 0 saturated heterocycles. The molecule has 4 aromatic rings. The van der Waals surface area contributed by atoms with Crippen molar-refractivity contribution in [3.05, 3.63) is 84.3 Å². The summed E-state index contributed by atoms with van der Waals surface area (Å²) in [7, 11) is 0. The quantitative estimate of drug-likeness (QED) is 0.517. The van der Waals surface area contributed by atoms with Gasteiger partial charge in [0.05, 0.1) is 12.3 Å². The van der Waals surface area contributed by atoms with Gasteiger partial charge in [0.1, 0.15) is 18.1 Å². The first-order valence-corrected chi connectivity index (χ1v) is 10.2. The van der Waals surface area contributed by atoms with Crippen molar-refractivity contribution in [1.82, 2.24) is 14.8 Å². The standard InChI is InChI=1S/C25H21N3O3/c29-12-13-31-21-3-1-2-20(15-21)28-16-23(25(27-28)17-8-10-26-11-9-17)19-4-6-22-18(14-19)5-7-24(22)30/h1-4,6,8-11,14-16,29H,5,7,12-13H2. The molecule has 0 saturated carbocycles. The minimum Gasteiger partial charge on any atom is -0.491 e. The van der Waals surface area contributed by atoms with Gasteiger partial charge in [0.25, 0.3) is 0 Å². The molecule has 0 atom stereocenters. The number of pyridine rings is 1. The largest absolute Gasteiger partial charge is 0.491 e. The average molecular weight is 411 g/mol. The van der Waals surface area contributed by atoms with Gasteiger partial charge in [-0.1, -0.05) is 24.3 Å². The number of fused-ring (bicyclic) bond motifs is 1. The minimum absolute atomic E-state index is 0.0385. The van der Waals surface area contributed by atoms with Crippen molar-refractivity contribution in [3.63, 3.8) is 0 Å². The first-order chi connectivity index (χ1) is 15.2. The van der Waals surface area contributed by atoms with Crippen LogP contribution < -0.4 is 4.74 Å². The third-order valence-electron chi connectivity index (χ3n) is 5.45. The van der Waals surface area contributed by atoms with E-state index in [-0.39, 0.29) is 19.0 Å². The van der Waals surface area contributed by atoms with Gasteiger partial charge in [-0.05, 0) is 41.8 Å². The fraction of sp³-hybridized carbons (Fsp3) is 0.160. The zero-order chi connectivity index (χ0) is 21.2. The van der Waals surface area contributed by atoms with Gasteiger partial charge in [-0.3, -0.25) is 9.78 Å². The van der Waals surface area contributed by atoms with Gasteiger partial charge in [0, 0.05) is 47.8 Å². The molecule has 6 heteroatoms. The molecule has 0 aliphatic heterocycles. The summed E-state index contributed by atoms with van der Waals surface area (Å²) in [5, 5.41) is 13.9. The zero-order valence-electron chi connectivity index (χ0n) is 16.9. The summed E-state index contributed by atoms with van der Waals surface area (Å²) >= 11 is 0.